The molecule has 0 N–H and O–H groups in total. The summed E-state index contributed by atoms with van der Waals surface area (Å²) in [5.41, 5.74) is 5.90. The molecule has 2 heteroatoms. The SMILES string of the molecule is [CH3][Sn]1([CH3])[c]2c(Cl)cccc2-c2ccc3c4c(cc[c]1c24)CC3. The van der Waals surface area contributed by atoms with Gasteiger partial charge >= 0.3 is 140 Å². The van der Waals surface area contributed by atoms with Crippen LogP contribution in [-0.4, -0.2) is 18.4 Å². The molecule has 0 saturated carbocycles. The van der Waals surface area contributed by atoms with Gasteiger partial charge in [0.1, 0.15) is 0 Å². The van der Waals surface area contributed by atoms with Crippen LogP contribution >= 0.6 is 11.6 Å². The minimum atomic E-state index is -2.63. The van der Waals surface area contributed by atoms with Crippen LogP contribution in [0.5, 0.6) is 0 Å². The first-order chi connectivity index (χ1) is 10.6. The Hall–Kier alpha value is -0.991. The van der Waals surface area contributed by atoms with Gasteiger partial charge in [-0.15, -0.1) is 0 Å². The Kier molecular flexibility index (Phi) is 2.63. The zero-order valence-electron chi connectivity index (χ0n) is 12.8. The van der Waals surface area contributed by atoms with Crippen molar-refractivity contribution in [1.82, 2.24) is 0 Å². The number of halogens is 1. The number of hydrogen-bond acceptors (Lipinski definition) is 0. The topological polar surface area (TPSA) is 0 Å². The maximum atomic E-state index is 6.66. The first-order valence-electron chi connectivity index (χ1n) is 7.96. The summed E-state index contributed by atoms with van der Waals surface area (Å²) in [7, 11) is 0. The second-order valence-electron chi connectivity index (χ2n) is 7.08. The van der Waals surface area contributed by atoms with E-state index < -0.39 is 18.4 Å². The molecule has 22 heavy (non-hydrogen) atoms. The maximum absolute atomic E-state index is 6.66. The minimum absolute atomic E-state index is 0.972. The van der Waals surface area contributed by atoms with Crippen LogP contribution in [0.2, 0.25) is 14.9 Å². The van der Waals surface area contributed by atoms with Gasteiger partial charge in [-0.1, -0.05) is 0 Å². The van der Waals surface area contributed by atoms with Crippen LogP contribution in [0.3, 0.4) is 0 Å². The fourth-order valence-corrected chi connectivity index (χ4v) is 15.6. The molecule has 0 fully saturated rings. The second kappa shape index (κ2) is 4.30. The van der Waals surface area contributed by atoms with E-state index in [-0.39, 0.29) is 0 Å². The zero-order valence-corrected chi connectivity index (χ0v) is 16.4. The Morgan fingerprint density at radius 3 is 2.32 bits per heavy atom. The van der Waals surface area contributed by atoms with E-state index in [1.165, 1.54) is 27.5 Å². The van der Waals surface area contributed by atoms with Gasteiger partial charge in [0.05, 0.1) is 0 Å². The van der Waals surface area contributed by atoms with Crippen LogP contribution in [0.15, 0.2) is 42.5 Å². The predicted molar refractivity (Wildman–Crippen MR) is 98.6 cm³/mol. The second-order valence-corrected chi connectivity index (χ2v) is 19.7. The Bertz CT molecular complexity index is 959. The Morgan fingerprint density at radius 1 is 0.818 bits per heavy atom. The molecule has 1 aliphatic carbocycles. The quantitative estimate of drug-likeness (QED) is 0.481. The van der Waals surface area contributed by atoms with E-state index in [0.717, 1.165) is 5.02 Å². The average Bonchev–Trinajstić information content (AvgIpc) is 2.92. The molecule has 0 amide bonds. The number of aryl methyl sites for hydroxylation is 2. The number of hydrogen-bond donors (Lipinski definition) is 0. The van der Waals surface area contributed by atoms with Crippen LogP contribution in [0.4, 0.5) is 0 Å². The molecule has 1 aliphatic heterocycles. The normalized spacial score (nSPS) is 16.9. The molecule has 5 rings (SSSR count). The van der Waals surface area contributed by atoms with Crippen LogP contribution in [0, 0.1) is 0 Å². The Labute approximate surface area is 140 Å². The molecule has 0 atom stereocenters. The van der Waals surface area contributed by atoms with Gasteiger partial charge in [-0.3, -0.25) is 0 Å². The summed E-state index contributed by atoms with van der Waals surface area (Å²) in [6.45, 7) is 0. The molecule has 0 spiro atoms. The van der Waals surface area contributed by atoms with Crippen LogP contribution in [0.25, 0.3) is 21.9 Å². The van der Waals surface area contributed by atoms with E-state index in [2.05, 4.69) is 52.3 Å². The molecular weight excluding hydrogens is 394 g/mol. The van der Waals surface area contributed by atoms with Crippen LogP contribution in [0.1, 0.15) is 11.1 Å². The van der Waals surface area contributed by atoms with Gasteiger partial charge in [-0.25, -0.2) is 0 Å². The van der Waals surface area contributed by atoms with Gasteiger partial charge in [0.2, 0.25) is 0 Å². The number of rotatable bonds is 0. The first kappa shape index (κ1) is 13.4. The van der Waals surface area contributed by atoms with Crippen LogP contribution in [-0.2, 0) is 12.8 Å². The monoisotopic (exact) mass is 412 g/mol. The molecule has 0 unspecified atom stereocenters. The third kappa shape index (κ3) is 1.50. The van der Waals surface area contributed by atoms with E-state index >= 15 is 0 Å². The van der Waals surface area contributed by atoms with Crippen molar-refractivity contribution in [2.45, 2.75) is 22.7 Å². The van der Waals surface area contributed by atoms with E-state index in [4.69, 9.17) is 11.6 Å². The summed E-state index contributed by atoms with van der Waals surface area (Å²) in [4.78, 5) is 5.03. The van der Waals surface area contributed by atoms with Gasteiger partial charge < -0.3 is 0 Å². The van der Waals surface area contributed by atoms with Crippen molar-refractivity contribution in [3.63, 3.8) is 0 Å². The molecule has 0 radical (unpaired) electrons. The third-order valence-corrected chi connectivity index (χ3v) is 16.5. The van der Waals surface area contributed by atoms with Gasteiger partial charge in [0.25, 0.3) is 0 Å². The molecule has 2 aliphatic rings. The molecule has 0 aromatic heterocycles. The molecular formula is C20H17ClSn. The van der Waals surface area contributed by atoms with Crippen molar-refractivity contribution in [2.24, 2.45) is 0 Å². The molecule has 0 nitrogen and oxygen atoms in total. The standard InChI is InChI=1S/C18H11Cl.2CH3.Sn/c19-15-5-1-4-14(11-15)16-10-9-13-8-7-12-3-2-6-17(16)18(12)13;;;/h1-5,9-10H,7-8H2;2*1H3;. The summed E-state index contributed by atoms with van der Waals surface area (Å²) < 4.78 is 3.11. The van der Waals surface area contributed by atoms with Crippen molar-refractivity contribution >= 4 is 47.9 Å². The summed E-state index contributed by atoms with van der Waals surface area (Å²) >= 11 is 4.03. The molecule has 3 aromatic carbocycles. The summed E-state index contributed by atoms with van der Waals surface area (Å²) in [6, 6.07) is 16.0. The number of fused-ring (bicyclic) bond motifs is 2. The van der Waals surface area contributed by atoms with Crippen molar-refractivity contribution < 1.29 is 0 Å². The van der Waals surface area contributed by atoms with Gasteiger partial charge in [-0.2, -0.15) is 0 Å². The molecule has 0 bridgehead atoms. The summed E-state index contributed by atoms with van der Waals surface area (Å²) in [5.74, 6) is 0. The summed E-state index contributed by atoms with van der Waals surface area (Å²) in [6.07, 6.45) is 2.40. The molecule has 108 valence electrons. The van der Waals surface area contributed by atoms with Crippen molar-refractivity contribution in [3.05, 3.63) is 58.6 Å². The first-order valence-corrected chi connectivity index (χ1v) is 16.9. The molecule has 3 aromatic rings. The van der Waals surface area contributed by atoms with Gasteiger partial charge in [0, 0.05) is 0 Å². The van der Waals surface area contributed by atoms with E-state index in [1.54, 1.807) is 25.5 Å². The fraction of sp³-hybridized carbons (Fsp3) is 0.200. The fourth-order valence-electron chi connectivity index (χ4n) is 4.59. The van der Waals surface area contributed by atoms with Crippen molar-refractivity contribution in [2.75, 3.05) is 0 Å². The predicted octanol–water partition coefficient (Wildman–Crippen LogP) is 4.39. The van der Waals surface area contributed by atoms with Crippen molar-refractivity contribution in [1.29, 1.82) is 0 Å². The van der Waals surface area contributed by atoms with E-state index in [9.17, 15) is 0 Å². The number of benzene rings is 3. The van der Waals surface area contributed by atoms with E-state index in [0.29, 0.717) is 0 Å². The Morgan fingerprint density at radius 2 is 1.55 bits per heavy atom. The third-order valence-electron chi connectivity index (χ3n) is 5.60. The molecule has 0 saturated heterocycles. The summed E-state index contributed by atoms with van der Waals surface area (Å²) in [5, 5.41) is 4.09. The average molecular weight is 412 g/mol. The molecule has 1 heterocycles. The van der Waals surface area contributed by atoms with Gasteiger partial charge in [-0.05, 0) is 0 Å². The van der Waals surface area contributed by atoms with E-state index in [1.807, 2.05) is 0 Å². The van der Waals surface area contributed by atoms with Gasteiger partial charge in [0.15, 0.2) is 0 Å². The van der Waals surface area contributed by atoms with Crippen LogP contribution < -0.4 is 7.16 Å². The Balaban J connectivity index is 2.07. The van der Waals surface area contributed by atoms with Crippen molar-refractivity contribution in [3.8, 4) is 11.1 Å². The zero-order chi connectivity index (χ0) is 15.1.